The third kappa shape index (κ3) is 2.95. The lowest BCUT2D eigenvalue weighted by Crippen LogP contribution is -2.35. The average Bonchev–Trinajstić information content (AvgIpc) is 2.16. The molecule has 5 nitrogen and oxygen atoms in total. The molecule has 0 spiro atoms. The first-order valence-corrected chi connectivity index (χ1v) is 4.88. The lowest BCUT2D eigenvalue weighted by atomic mass is 10.3. The molecule has 0 saturated heterocycles. The second-order valence-electron chi connectivity index (χ2n) is 2.71. The first kappa shape index (κ1) is 10.9. The molecule has 1 amide bonds. The maximum atomic E-state index is 11.2. The Morgan fingerprint density at radius 3 is 2.86 bits per heavy atom. The average molecular weight is 259 g/mol. The standard InChI is InChI=1S/C8H11BrN4O/c1-5(8(14)10-2)13-7-3-6(9)11-4-12-7/h3-5H,1-2H3,(H,10,14)(H,11,12,13). The number of rotatable bonds is 3. The monoisotopic (exact) mass is 258 g/mol. The van der Waals surface area contributed by atoms with Crippen molar-refractivity contribution in [3.05, 3.63) is 17.0 Å². The van der Waals surface area contributed by atoms with Crippen LogP contribution in [0.2, 0.25) is 0 Å². The number of nitrogens with one attached hydrogen (secondary N) is 2. The van der Waals surface area contributed by atoms with Gasteiger partial charge < -0.3 is 10.6 Å². The smallest absolute Gasteiger partial charge is 0.241 e. The molecule has 0 saturated carbocycles. The van der Waals surface area contributed by atoms with E-state index in [1.54, 1.807) is 20.0 Å². The van der Waals surface area contributed by atoms with Crippen LogP contribution in [0.5, 0.6) is 0 Å². The Morgan fingerprint density at radius 2 is 2.29 bits per heavy atom. The maximum absolute atomic E-state index is 11.2. The van der Waals surface area contributed by atoms with Gasteiger partial charge in [0.05, 0.1) is 0 Å². The number of hydrogen-bond donors (Lipinski definition) is 2. The summed E-state index contributed by atoms with van der Waals surface area (Å²) in [6.07, 6.45) is 1.42. The summed E-state index contributed by atoms with van der Waals surface area (Å²) in [6, 6.07) is 1.39. The van der Waals surface area contributed by atoms with Crippen LogP contribution >= 0.6 is 15.9 Å². The molecule has 0 aliphatic carbocycles. The van der Waals surface area contributed by atoms with Crippen LogP contribution in [0.1, 0.15) is 6.92 Å². The molecular formula is C8H11BrN4O. The summed E-state index contributed by atoms with van der Waals surface area (Å²) in [4.78, 5) is 19.0. The van der Waals surface area contributed by atoms with E-state index in [-0.39, 0.29) is 11.9 Å². The molecule has 6 heteroatoms. The molecule has 0 aromatic carbocycles. The molecule has 0 radical (unpaired) electrons. The predicted octanol–water partition coefficient (Wildman–Crippen LogP) is 0.785. The highest BCUT2D eigenvalue weighted by molar-refractivity contribution is 9.10. The lowest BCUT2D eigenvalue weighted by Gasteiger charge is -2.12. The van der Waals surface area contributed by atoms with Crippen LogP contribution in [0.25, 0.3) is 0 Å². The zero-order valence-electron chi connectivity index (χ0n) is 7.91. The van der Waals surface area contributed by atoms with Crippen LogP contribution in [0.15, 0.2) is 17.0 Å². The number of likely N-dealkylation sites (N-methyl/N-ethyl adjacent to an activating group) is 1. The minimum atomic E-state index is -0.318. The van der Waals surface area contributed by atoms with Crippen LogP contribution in [-0.4, -0.2) is 29.0 Å². The fraction of sp³-hybridized carbons (Fsp3) is 0.375. The molecule has 0 aliphatic rings. The SMILES string of the molecule is CNC(=O)C(C)Nc1cc(Br)ncn1. The van der Waals surface area contributed by atoms with Crippen LogP contribution in [0.3, 0.4) is 0 Å². The van der Waals surface area contributed by atoms with Crippen molar-refractivity contribution in [3.63, 3.8) is 0 Å². The van der Waals surface area contributed by atoms with E-state index in [9.17, 15) is 4.79 Å². The highest BCUT2D eigenvalue weighted by atomic mass is 79.9. The fourth-order valence-electron chi connectivity index (χ4n) is 0.916. The van der Waals surface area contributed by atoms with Crippen molar-refractivity contribution in [2.45, 2.75) is 13.0 Å². The number of halogens is 1. The van der Waals surface area contributed by atoms with Gasteiger partial charge in [-0.25, -0.2) is 9.97 Å². The first-order valence-electron chi connectivity index (χ1n) is 4.09. The summed E-state index contributed by atoms with van der Waals surface area (Å²) in [6.45, 7) is 1.76. The summed E-state index contributed by atoms with van der Waals surface area (Å²) in [5.41, 5.74) is 0. The van der Waals surface area contributed by atoms with E-state index < -0.39 is 0 Å². The zero-order valence-corrected chi connectivity index (χ0v) is 9.50. The molecule has 1 aromatic rings. The van der Waals surface area contributed by atoms with Crippen molar-refractivity contribution in [1.29, 1.82) is 0 Å². The Hall–Kier alpha value is -1.17. The number of aromatic nitrogens is 2. The summed E-state index contributed by atoms with van der Waals surface area (Å²) in [5.74, 6) is 0.530. The van der Waals surface area contributed by atoms with Gasteiger partial charge in [0.2, 0.25) is 5.91 Å². The summed E-state index contributed by atoms with van der Waals surface area (Å²) in [5, 5.41) is 5.48. The second-order valence-corrected chi connectivity index (χ2v) is 3.52. The summed E-state index contributed by atoms with van der Waals surface area (Å²) in [7, 11) is 1.59. The van der Waals surface area contributed by atoms with Crippen molar-refractivity contribution in [2.24, 2.45) is 0 Å². The number of anilines is 1. The van der Waals surface area contributed by atoms with Gasteiger partial charge in [-0.15, -0.1) is 0 Å². The largest absolute Gasteiger partial charge is 0.359 e. The number of nitrogens with zero attached hydrogens (tertiary/aromatic N) is 2. The van der Waals surface area contributed by atoms with Crippen LogP contribution < -0.4 is 10.6 Å². The van der Waals surface area contributed by atoms with Gasteiger partial charge in [-0.3, -0.25) is 4.79 Å². The molecule has 1 aromatic heterocycles. The minimum Gasteiger partial charge on any atom is -0.359 e. The Labute approximate surface area is 90.5 Å². The van der Waals surface area contributed by atoms with Gasteiger partial charge in [-0.2, -0.15) is 0 Å². The number of hydrogen-bond acceptors (Lipinski definition) is 4. The van der Waals surface area contributed by atoms with Gasteiger partial charge in [-0.05, 0) is 22.9 Å². The lowest BCUT2D eigenvalue weighted by molar-refractivity contribution is -0.121. The van der Waals surface area contributed by atoms with E-state index in [1.807, 2.05) is 0 Å². The van der Waals surface area contributed by atoms with E-state index in [4.69, 9.17) is 0 Å². The van der Waals surface area contributed by atoms with Crippen LogP contribution in [0.4, 0.5) is 5.82 Å². The van der Waals surface area contributed by atoms with Crippen molar-refractivity contribution in [1.82, 2.24) is 15.3 Å². The zero-order chi connectivity index (χ0) is 10.6. The third-order valence-electron chi connectivity index (χ3n) is 1.64. The number of amides is 1. The van der Waals surface area contributed by atoms with Crippen molar-refractivity contribution in [2.75, 3.05) is 12.4 Å². The molecule has 0 bridgehead atoms. The van der Waals surface area contributed by atoms with Gasteiger partial charge in [0.1, 0.15) is 22.8 Å². The third-order valence-corrected chi connectivity index (χ3v) is 2.07. The Balaban J connectivity index is 2.64. The van der Waals surface area contributed by atoms with E-state index in [1.165, 1.54) is 6.33 Å². The van der Waals surface area contributed by atoms with Gasteiger partial charge in [0, 0.05) is 13.1 Å². The van der Waals surface area contributed by atoms with Crippen molar-refractivity contribution < 1.29 is 4.79 Å². The van der Waals surface area contributed by atoms with Gasteiger partial charge in [-0.1, -0.05) is 0 Å². The number of carbonyl (C=O) groups is 1. The predicted molar refractivity (Wildman–Crippen MR) is 56.9 cm³/mol. The second kappa shape index (κ2) is 4.90. The van der Waals surface area contributed by atoms with Crippen molar-refractivity contribution in [3.8, 4) is 0 Å². The van der Waals surface area contributed by atoms with Crippen LogP contribution in [-0.2, 0) is 4.79 Å². The minimum absolute atomic E-state index is 0.0836. The molecule has 1 rings (SSSR count). The quantitative estimate of drug-likeness (QED) is 0.787. The Bertz CT molecular complexity index is 331. The van der Waals surface area contributed by atoms with E-state index in [2.05, 4.69) is 36.5 Å². The van der Waals surface area contributed by atoms with Gasteiger partial charge in [0.15, 0.2) is 0 Å². The Kier molecular flexibility index (Phi) is 3.82. The topological polar surface area (TPSA) is 66.9 Å². The van der Waals surface area contributed by atoms with Gasteiger partial charge >= 0.3 is 0 Å². The fourth-order valence-corrected chi connectivity index (χ4v) is 1.22. The van der Waals surface area contributed by atoms with Crippen LogP contribution in [0, 0.1) is 0 Å². The molecule has 0 fully saturated rings. The Morgan fingerprint density at radius 1 is 1.57 bits per heavy atom. The summed E-state index contributed by atoms with van der Waals surface area (Å²) < 4.78 is 0.680. The van der Waals surface area contributed by atoms with Crippen molar-refractivity contribution >= 4 is 27.7 Å². The molecule has 1 unspecified atom stereocenters. The van der Waals surface area contributed by atoms with E-state index in [0.717, 1.165) is 0 Å². The summed E-state index contributed by atoms with van der Waals surface area (Å²) >= 11 is 3.21. The molecule has 14 heavy (non-hydrogen) atoms. The molecule has 2 N–H and O–H groups in total. The van der Waals surface area contributed by atoms with Gasteiger partial charge in [0.25, 0.3) is 0 Å². The first-order chi connectivity index (χ1) is 6.63. The van der Waals surface area contributed by atoms with E-state index in [0.29, 0.717) is 10.4 Å². The normalized spacial score (nSPS) is 11.9. The molecule has 1 atom stereocenters. The number of carbonyl (C=O) groups excluding carboxylic acids is 1. The highest BCUT2D eigenvalue weighted by Crippen LogP contribution is 2.10. The highest BCUT2D eigenvalue weighted by Gasteiger charge is 2.10. The molecule has 0 aliphatic heterocycles. The molecule has 1 heterocycles. The maximum Gasteiger partial charge on any atom is 0.241 e. The molecular weight excluding hydrogens is 248 g/mol. The molecule has 76 valence electrons. The van der Waals surface area contributed by atoms with E-state index >= 15 is 0 Å².